The number of amides is 1. The van der Waals surface area contributed by atoms with Crippen LogP contribution in [-0.4, -0.2) is 23.1 Å². The standard InChI is InChI=1S/C26H26N2O3S/c1-4-31-26(30)24-21(20-10-9-17(2)15-18(20)3)16-32-25(24)27-23(29)12-14-28-13-11-19-7-5-6-8-22(19)28/h5-11,13,15-16H,4,12,14H2,1-3H3,(H,27,29). The number of carbonyl (C=O) groups excluding carboxylic acids is 2. The molecular formula is C26H26N2O3S. The summed E-state index contributed by atoms with van der Waals surface area (Å²) in [5, 5.41) is 6.54. The highest BCUT2D eigenvalue weighted by molar-refractivity contribution is 7.15. The molecule has 1 amide bonds. The first-order chi connectivity index (χ1) is 15.5. The molecule has 0 spiro atoms. The fourth-order valence-corrected chi connectivity index (χ4v) is 4.88. The minimum atomic E-state index is -0.421. The molecule has 0 fully saturated rings. The molecule has 2 aromatic heterocycles. The third-order valence-corrected chi connectivity index (χ3v) is 6.35. The van der Waals surface area contributed by atoms with Crippen LogP contribution in [0.3, 0.4) is 0 Å². The number of hydrogen-bond acceptors (Lipinski definition) is 4. The molecule has 0 aliphatic carbocycles. The SMILES string of the molecule is CCOC(=O)c1c(-c2ccc(C)cc2C)csc1NC(=O)CCn1ccc2ccccc21. The summed E-state index contributed by atoms with van der Waals surface area (Å²) < 4.78 is 7.38. The summed E-state index contributed by atoms with van der Waals surface area (Å²) in [7, 11) is 0. The number of carbonyl (C=O) groups is 2. The van der Waals surface area contributed by atoms with Crippen LogP contribution < -0.4 is 5.32 Å². The molecule has 0 saturated carbocycles. The number of rotatable bonds is 7. The molecule has 0 radical (unpaired) electrons. The molecule has 2 aromatic carbocycles. The fraction of sp³-hybridized carbons (Fsp3) is 0.231. The second-order valence-electron chi connectivity index (χ2n) is 7.76. The van der Waals surface area contributed by atoms with Gasteiger partial charge in [-0.05, 0) is 49.4 Å². The molecular weight excluding hydrogens is 420 g/mol. The van der Waals surface area contributed by atoms with Gasteiger partial charge in [0.15, 0.2) is 0 Å². The number of nitrogens with zero attached hydrogens (tertiary/aromatic N) is 1. The summed E-state index contributed by atoms with van der Waals surface area (Å²) in [5.74, 6) is -0.558. The lowest BCUT2D eigenvalue weighted by Gasteiger charge is -2.11. The number of para-hydroxylation sites is 1. The van der Waals surface area contributed by atoms with E-state index < -0.39 is 5.97 Å². The van der Waals surface area contributed by atoms with Gasteiger partial charge in [0.1, 0.15) is 10.6 Å². The van der Waals surface area contributed by atoms with E-state index in [0.717, 1.165) is 33.2 Å². The van der Waals surface area contributed by atoms with E-state index in [2.05, 4.69) is 22.0 Å². The summed E-state index contributed by atoms with van der Waals surface area (Å²) in [6.45, 7) is 6.67. The van der Waals surface area contributed by atoms with Crippen LogP contribution in [0.4, 0.5) is 5.00 Å². The number of hydrogen-bond donors (Lipinski definition) is 1. The molecule has 0 saturated heterocycles. The maximum absolute atomic E-state index is 12.8. The molecule has 0 atom stereocenters. The van der Waals surface area contributed by atoms with Crippen LogP contribution in [-0.2, 0) is 16.1 Å². The van der Waals surface area contributed by atoms with E-state index in [-0.39, 0.29) is 12.5 Å². The van der Waals surface area contributed by atoms with Crippen LogP contribution in [0.1, 0.15) is 34.8 Å². The smallest absolute Gasteiger partial charge is 0.341 e. The number of ether oxygens (including phenoxy) is 1. The van der Waals surface area contributed by atoms with Gasteiger partial charge in [-0.1, -0.05) is 42.0 Å². The molecule has 0 aliphatic rings. The predicted molar refractivity (Wildman–Crippen MR) is 130 cm³/mol. The van der Waals surface area contributed by atoms with Crippen LogP contribution in [0, 0.1) is 13.8 Å². The topological polar surface area (TPSA) is 60.3 Å². The van der Waals surface area contributed by atoms with E-state index in [4.69, 9.17) is 4.74 Å². The average molecular weight is 447 g/mol. The molecule has 2 heterocycles. The van der Waals surface area contributed by atoms with Gasteiger partial charge in [-0.25, -0.2) is 4.79 Å². The lowest BCUT2D eigenvalue weighted by molar-refractivity contribution is -0.116. The van der Waals surface area contributed by atoms with Crippen molar-refractivity contribution in [3.8, 4) is 11.1 Å². The highest BCUT2D eigenvalue weighted by Gasteiger charge is 2.23. The first-order valence-electron chi connectivity index (χ1n) is 10.7. The zero-order valence-corrected chi connectivity index (χ0v) is 19.3. The van der Waals surface area contributed by atoms with Crippen molar-refractivity contribution >= 4 is 39.1 Å². The van der Waals surface area contributed by atoms with E-state index in [1.165, 1.54) is 11.3 Å². The molecule has 32 heavy (non-hydrogen) atoms. The fourth-order valence-electron chi connectivity index (χ4n) is 3.92. The number of aryl methyl sites for hydroxylation is 3. The number of fused-ring (bicyclic) bond motifs is 1. The minimum absolute atomic E-state index is 0.137. The van der Waals surface area contributed by atoms with Crippen molar-refractivity contribution in [3.05, 3.63) is 76.8 Å². The van der Waals surface area contributed by atoms with E-state index in [0.29, 0.717) is 23.5 Å². The second kappa shape index (κ2) is 9.40. The number of benzene rings is 2. The Labute approximate surface area is 191 Å². The van der Waals surface area contributed by atoms with Crippen molar-refractivity contribution in [1.82, 2.24) is 4.57 Å². The number of anilines is 1. The molecule has 0 aliphatic heterocycles. The molecule has 5 nitrogen and oxygen atoms in total. The Balaban J connectivity index is 1.56. The van der Waals surface area contributed by atoms with Crippen molar-refractivity contribution in [1.29, 1.82) is 0 Å². The quantitative estimate of drug-likeness (QED) is 0.344. The Morgan fingerprint density at radius 3 is 2.66 bits per heavy atom. The summed E-state index contributed by atoms with van der Waals surface area (Å²) in [6.07, 6.45) is 2.29. The van der Waals surface area contributed by atoms with Gasteiger partial charge in [-0.2, -0.15) is 0 Å². The van der Waals surface area contributed by atoms with Crippen LogP contribution in [0.25, 0.3) is 22.0 Å². The number of aromatic nitrogens is 1. The number of esters is 1. The molecule has 4 aromatic rings. The third kappa shape index (κ3) is 4.46. The van der Waals surface area contributed by atoms with Gasteiger partial charge >= 0.3 is 5.97 Å². The second-order valence-corrected chi connectivity index (χ2v) is 8.64. The molecule has 1 N–H and O–H groups in total. The lowest BCUT2D eigenvalue weighted by Crippen LogP contribution is -2.16. The molecule has 4 rings (SSSR count). The van der Waals surface area contributed by atoms with Crippen molar-refractivity contribution < 1.29 is 14.3 Å². The monoisotopic (exact) mass is 446 g/mol. The van der Waals surface area contributed by atoms with Gasteiger partial charge in [0.05, 0.1) is 6.61 Å². The summed E-state index contributed by atoms with van der Waals surface area (Å²) in [4.78, 5) is 25.6. The van der Waals surface area contributed by atoms with Crippen molar-refractivity contribution in [2.75, 3.05) is 11.9 Å². The van der Waals surface area contributed by atoms with Gasteiger partial charge in [0.2, 0.25) is 5.91 Å². The van der Waals surface area contributed by atoms with E-state index in [1.807, 2.05) is 61.8 Å². The third-order valence-electron chi connectivity index (χ3n) is 5.46. The molecule has 6 heteroatoms. The minimum Gasteiger partial charge on any atom is -0.462 e. The van der Waals surface area contributed by atoms with Gasteiger partial charge in [-0.15, -0.1) is 11.3 Å². The summed E-state index contributed by atoms with van der Waals surface area (Å²) >= 11 is 1.35. The highest BCUT2D eigenvalue weighted by Crippen LogP contribution is 2.38. The van der Waals surface area contributed by atoms with Crippen LogP contribution >= 0.6 is 11.3 Å². The average Bonchev–Trinajstić information content (AvgIpc) is 3.37. The van der Waals surface area contributed by atoms with Gasteiger partial charge in [0.25, 0.3) is 0 Å². The van der Waals surface area contributed by atoms with E-state index in [9.17, 15) is 9.59 Å². The lowest BCUT2D eigenvalue weighted by atomic mass is 9.97. The first-order valence-corrected chi connectivity index (χ1v) is 11.6. The summed E-state index contributed by atoms with van der Waals surface area (Å²) in [6, 6.07) is 16.3. The summed E-state index contributed by atoms with van der Waals surface area (Å²) in [5.41, 5.74) is 5.51. The predicted octanol–water partition coefficient (Wildman–Crippen LogP) is 6.19. The Morgan fingerprint density at radius 2 is 1.88 bits per heavy atom. The Kier molecular flexibility index (Phi) is 6.42. The van der Waals surface area contributed by atoms with Crippen molar-refractivity contribution in [3.63, 3.8) is 0 Å². The first kappa shape index (κ1) is 21.8. The molecule has 0 unspecified atom stereocenters. The zero-order valence-electron chi connectivity index (χ0n) is 18.5. The van der Waals surface area contributed by atoms with Gasteiger partial charge < -0.3 is 14.6 Å². The van der Waals surface area contributed by atoms with Crippen LogP contribution in [0.15, 0.2) is 60.1 Å². The zero-order chi connectivity index (χ0) is 22.7. The normalized spacial score (nSPS) is 11.0. The van der Waals surface area contributed by atoms with Crippen LogP contribution in [0.5, 0.6) is 0 Å². The number of nitrogens with one attached hydrogen (secondary N) is 1. The largest absolute Gasteiger partial charge is 0.462 e. The van der Waals surface area contributed by atoms with E-state index in [1.54, 1.807) is 6.92 Å². The Bertz CT molecular complexity index is 1290. The van der Waals surface area contributed by atoms with Gasteiger partial charge in [-0.3, -0.25) is 4.79 Å². The number of thiophene rings is 1. The molecule has 0 bridgehead atoms. The molecule has 164 valence electrons. The van der Waals surface area contributed by atoms with Crippen molar-refractivity contribution in [2.45, 2.75) is 33.7 Å². The maximum Gasteiger partial charge on any atom is 0.341 e. The Hall–Kier alpha value is -3.38. The van der Waals surface area contributed by atoms with E-state index >= 15 is 0 Å². The van der Waals surface area contributed by atoms with Crippen LogP contribution in [0.2, 0.25) is 0 Å². The Morgan fingerprint density at radius 1 is 1.06 bits per heavy atom. The van der Waals surface area contributed by atoms with Gasteiger partial charge in [0, 0.05) is 35.6 Å². The maximum atomic E-state index is 12.8. The highest BCUT2D eigenvalue weighted by atomic mass is 32.1. The van der Waals surface area contributed by atoms with Crippen molar-refractivity contribution in [2.24, 2.45) is 0 Å².